The van der Waals surface area contributed by atoms with Crippen LogP contribution in [0.4, 0.5) is 4.79 Å². The highest BCUT2D eigenvalue weighted by atomic mass is 32.1. The number of aliphatic hydroxyl groups is 1. The highest BCUT2D eigenvalue weighted by Crippen LogP contribution is 2.24. The van der Waals surface area contributed by atoms with Crippen molar-refractivity contribution in [2.75, 3.05) is 13.2 Å². The maximum Gasteiger partial charge on any atom is 0.407 e. The Labute approximate surface area is 134 Å². The Morgan fingerprint density at radius 3 is 2.68 bits per heavy atom. The molecule has 1 unspecified atom stereocenters. The standard InChI is InChI=1S/C17H21NO3S/c1-17(13-19,10-15-8-5-9-22-15)12-18-16(20)21-11-14-6-3-2-4-7-14/h2-9,19H,10-13H2,1H3,(H,18,20). The summed E-state index contributed by atoms with van der Waals surface area (Å²) in [4.78, 5) is 13.0. The fourth-order valence-corrected chi connectivity index (χ4v) is 2.99. The normalized spacial score (nSPS) is 13.4. The van der Waals surface area contributed by atoms with E-state index in [-0.39, 0.29) is 13.2 Å². The lowest BCUT2D eigenvalue weighted by Crippen LogP contribution is -2.39. The molecule has 0 fully saturated rings. The third-order valence-corrected chi connectivity index (χ3v) is 4.31. The Bertz CT molecular complexity index is 571. The second kappa shape index (κ2) is 7.96. The van der Waals surface area contributed by atoms with Crippen LogP contribution in [-0.4, -0.2) is 24.4 Å². The number of thiophene rings is 1. The third-order valence-electron chi connectivity index (χ3n) is 3.44. The summed E-state index contributed by atoms with van der Waals surface area (Å²) in [6.45, 7) is 2.57. The van der Waals surface area contributed by atoms with Crippen LogP contribution in [0.25, 0.3) is 0 Å². The van der Waals surface area contributed by atoms with Crippen LogP contribution in [-0.2, 0) is 17.8 Å². The molecule has 0 saturated heterocycles. The van der Waals surface area contributed by atoms with E-state index < -0.39 is 11.5 Å². The third kappa shape index (κ3) is 5.16. The summed E-state index contributed by atoms with van der Waals surface area (Å²) in [5, 5.41) is 14.4. The van der Waals surface area contributed by atoms with Gasteiger partial charge in [-0.25, -0.2) is 4.79 Å². The van der Waals surface area contributed by atoms with E-state index in [1.807, 2.05) is 54.8 Å². The number of ether oxygens (including phenoxy) is 1. The number of nitrogens with one attached hydrogen (secondary N) is 1. The lowest BCUT2D eigenvalue weighted by molar-refractivity contribution is 0.116. The maximum absolute atomic E-state index is 11.8. The van der Waals surface area contributed by atoms with Crippen molar-refractivity contribution in [1.29, 1.82) is 0 Å². The number of aliphatic hydroxyl groups excluding tert-OH is 1. The van der Waals surface area contributed by atoms with Gasteiger partial charge in [0, 0.05) is 16.8 Å². The minimum absolute atomic E-state index is 0.00383. The van der Waals surface area contributed by atoms with Crippen molar-refractivity contribution >= 4 is 17.4 Å². The van der Waals surface area contributed by atoms with Crippen LogP contribution < -0.4 is 5.32 Å². The number of hydrogen-bond donors (Lipinski definition) is 2. The molecule has 0 radical (unpaired) electrons. The zero-order valence-corrected chi connectivity index (χ0v) is 13.4. The van der Waals surface area contributed by atoms with Gasteiger partial charge >= 0.3 is 6.09 Å². The van der Waals surface area contributed by atoms with Crippen molar-refractivity contribution in [3.63, 3.8) is 0 Å². The highest BCUT2D eigenvalue weighted by molar-refractivity contribution is 7.09. The SMILES string of the molecule is CC(CO)(CNC(=O)OCc1ccccc1)Cc1cccs1. The summed E-state index contributed by atoms with van der Waals surface area (Å²) in [5.41, 5.74) is 0.553. The van der Waals surface area contributed by atoms with Gasteiger partial charge in [-0.2, -0.15) is 0 Å². The Morgan fingerprint density at radius 2 is 2.05 bits per heavy atom. The van der Waals surface area contributed by atoms with Crippen LogP contribution in [0.5, 0.6) is 0 Å². The lowest BCUT2D eigenvalue weighted by Gasteiger charge is -2.26. The van der Waals surface area contributed by atoms with Crippen molar-refractivity contribution in [3.8, 4) is 0 Å². The minimum atomic E-state index is -0.463. The molecule has 1 heterocycles. The van der Waals surface area contributed by atoms with Crippen molar-refractivity contribution < 1.29 is 14.6 Å². The van der Waals surface area contributed by atoms with Crippen LogP contribution in [0.3, 0.4) is 0 Å². The van der Waals surface area contributed by atoms with Gasteiger partial charge in [-0.1, -0.05) is 43.3 Å². The summed E-state index contributed by atoms with van der Waals surface area (Å²) in [6, 6.07) is 13.6. The molecule has 2 N–H and O–H groups in total. The van der Waals surface area contributed by atoms with E-state index in [1.54, 1.807) is 11.3 Å². The maximum atomic E-state index is 11.8. The molecule has 2 rings (SSSR count). The molecule has 1 aromatic heterocycles. The van der Waals surface area contributed by atoms with Gasteiger partial charge in [0.05, 0.1) is 6.61 Å². The summed E-state index contributed by atoms with van der Waals surface area (Å²) in [7, 11) is 0. The van der Waals surface area contributed by atoms with Crippen molar-refractivity contribution in [2.24, 2.45) is 5.41 Å². The number of benzene rings is 1. The molecule has 0 aliphatic carbocycles. The van der Waals surface area contributed by atoms with E-state index >= 15 is 0 Å². The molecule has 2 aromatic rings. The summed E-state index contributed by atoms with van der Waals surface area (Å²) < 4.78 is 5.17. The molecular formula is C17H21NO3S. The number of alkyl carbamates (subject to hydrolysis) is 1. The average Bonchev–Trinajstić information content (AvgIpc) is 3.04. The smallest absolute Gasteiger partial charge is 0.407 e. The topological polar surface area (TPSA) is 58.6 Å². The molecule has 1 aromatic carbocycles. The van der Waals surface area contributed by atoms with Crippen LogP contribution in [0.2, 0.25) is 0 Å². The second-order valence-electron chi connectivity index (χ2n) is 5.64. The van der Waals surface area contributed by atoms with Crippen LogP contribution in [0.15, 0.2) is 47.8 Å². The Balaban J connectivity index is 1.78. The number of carbonyl (C=O) groups excluding carboxylic acids is 1. The molecule has 1 amide bonds. The number of carbonyl (C=O) groups is 1. The molecule has 118 valence electrons. The zero-order chi connectivity index (χ0) is 15.8. The van der Waals surface area contributed by atoms with E-state index in [0.717, 1.165) is 12.0 Å². The van der Waals surface area contributed by atoms with Gasteiger partial charge in [-0.15, -0.1) is 11.3 Å². The predicted molar refractivity (Wildman–Crippen MR) is 87.8 cm³/mol. The molecule has 5 heteroatoms. The van der Waals surface area contributed by atoms with E-state index in [0.29, 0.717) is 6.54 Å². The van der Waals surface area contributed by atoms with E-state index in [1.165, 1.54) is 4.88 Å². The number of amides is 1. The van der Waals surface area contributed by atoms with Gasteiger partial charge < -0.3 is 15.2 Å². The van der Waals surface area contributed by atoms with Gasteiger partial charge in [-0.05, 0) is 23.4 Å². The number of hydrogen-bond acceptors (Lipinski definition) is 4. The van der Waals surface area contributed by atoms with Crippen LogP contribution >= 0.6 is 11.3 Å². The van der Waals surface area contributed by atoms with E-state index in [2.05, 4.69) is 5.32 Å². The zero-order valence-electron chi connectivity index (χ0n) is 12.6. The first kappa shape index (κ1) is 16.5. The minimum Gasteiger partial charge on any atom is -0.445 e. The first-order chi connectivity index (χ1) is 10.6. The van der Waals surface area contributed by atoms with Gasteiger partial charge in [-0.3, -0.25) is 0 Å². The van der Waals surface area contributed by atoms with E-state index in [9.17, 15) is 9.90 Å². The molecule has 22 heavy (non-hydrogen) atoms. The van der Waals surface area contributed by atoms with Crippen LogP contribution in [0, 0.1) is 5.41 Å². The Kier molecular flexibility index (Phi) is 5.98. The van der Waals surface area contributed by atoms with Gasteiger partial charge in [0.2, 0.25) is 0 Å². The first-order valence-corrected chi connectivity index (χ1v) is 8.07. The highest BCUT2D eigenvalue weighted by Gasteiger charge is 2.25. The molecule has 4 nitrogen and oxygen atoms in total. The monoisotopic (exact) mass is 319 g/mol. The largest absolute Gasteiger partial charge is 0.445 e. The van der Waals surface area contributed by atoms with Crippen molar-refractivity contribution in [3.05, 3.63) is 58.3 Å². The molecule has 0 bridgehead atoms. The van der Waals surface area contributed by atoms with Crippen LogP contribution in [0.1, 0.15) is 17.4 Å². The summed E-state index contributed by atoms with van der Waals surface area (Å²) in [5.74, 6) is 0. The summed E-state index contributed by atoms with van der Waals surface area (Å²) >= 11 is 1.65. The van der Waals surface area contributed by atoms with Crippen molar-refractivity contribution in [1.82, 2.24) is 5.32 Å². The van der Waals surface area contributed by atoms with E-state index in [4.69, 9.17) is 4.74 Å². The fraction of sp³-hybridized carbons (Fsp3) is 0.353. The average molecular weight is 319 g/mol. The molecule has 0 saturated carbocycles. The second-order valence-corrected chi connectivity index (χ2v) is 6.67. The molecule has 0 aliphatic rings. The fourth-order valence-electron chi connectivity index (χ4n) is 2.07. The van der Waals surface area contributed by atoms with Gasteiger partial charge in [0.25, 0.3) is 0 Å². The molecule has 0 aliphatic heterocycles. The van der Waals surface area contributed by atoms with Gasteiger partial charge in [0.15, 0.2) is 0 Å². The molecule has 0 spiro atoms. The predicted octanol–water partition coefficient (Wildman–Crippen LogP) is 3.22. The number of rotatable bonds is 7. The van der Waals surface area contributed by atoms with Crippen molar-refractivity contribution in [2.45, 2.75) is 20.0 Å². The Morgan fingerprint density at radius 1 is 1.27 bits per heavy atom. The summed E-state index contributed by atoms with van der Waals surface area (Å²) in [6.07, 6.45) is 0.259. The Hall–Kier alpha value is -1.85. The first-order valence-electron chi connectivity index (χ1n) is 7.19. The van der Waals surface area contributed by atoms with Gasteiger partial charge in [0.1, 0.15) is 6.61 Å². The quantitative estimate of drug-likeness (QED) is 0.824. The molecular weight excluding hydrogens is 298 g/mol. The lowest BCUT2D eigenvalue weighted by atomic mass is 9.87. The molecule has 1 atom stereocenters.